The molecule has 0 atom stereocenters. The van der Waals surface area contributed by atoms with Gasteiger partial charge >= 0.3 is 0 Å². The summed E-state index contributed by atoms with van der Waals surface area (Å²) in [5, 5.41) is 11.5. The number of fused-ring (bicyclic) bond motifs is 1. The summed E-state index contributed by atoms with van der Waals surface area (Å²) in [4.78, 5) is 14.3. The fourth-order valence-corrected chi connectivity index (χ4v) is 1.45. The van der Waals surface area contributed by atoms with Crippen LogP contribution in [0, 0.1) is 17.0 Å². The van der Waals surface area contributed by atoms with E-state index in [4.69, 9.17) is 0 Å². The van der Waals surface area contributed by atoms with Crippen LogP contribution in [0.25, 0.3) is 10.9 Å². The number of hydrogen-bond acceptors (Lipinski definition) is 3. The van der Waals surface area contributed by atoms with Crippen LogP contribution in [-0.4, -0.2) is 9.91 Å². The Kier molecular flexibility index (Phi) is 8.09. The van der Waals surface area contributed by atoms with E-state index in [9.17, 15) is 10.1 Å². The molecule has 0 aliphatic heterocycles. The maximum Gasteiger partial charge on any atom is 0.295 e. The molecule has 4 heteroatoms. The third-order valence-electron chi connectivity index (χ3n) is 2.16. The Hall–Kier alpha value is -1.97. The van der Waals surface area contributed by atoms with Crippen molar-refractivity contribution in [3.05, 3.63) is 46.1 Å². The van der Waals surface area contributed by atoms with Gasteiger partial charge in [-0.25, -0.2) is 4.98 Å². The molecule has 0 amide bonds. The molecule has 1 heterocycles. The zero-order valence-electron chi connectivity index (χ0n) is 12.3. The van der Waals surface area contributed by atoms with Crippen LogP contribution in [-0.2, 0) is 0 Å². The molecule has 19 heavy (non-hydrogen) atoms. The minimum atomic E-state index is -0.408. The molecule has 0 fully saturated rings. The maximum absolute atomic E-state index is 10.7. The van der Waals surface area contributed by atoms with Crippen molar-refractivity contribution in [3.63, 3.8) is 0 Å². The lowest BCUT2D eigenvalue weighted by molar-refractivity contribution is -0.383. The summed E-state index contributed by atoms with van der Waals surface area (Å²) < 4.78 is 0. The molecule has 0 spiro atoms. The second-order valence-corrected chi connectivity index (χ2v) is 3.77. The third-order valence-corrected chi connectivity index (χ3v) is 2.16. The molecule has 0 aliphatic carbocycles. The normalized spacial score (nSPS) is 8.89. The highest BCUT2D eigenvalue weighted by atomic mass is 16.6. The summed E-state index contributed by atoms with van der Waals surface area (Å²) in [6, 6.07) is 6.84. The zero-order chi connectivity index (χ0) is 14.8. The van der Waals surface area contributed by atoms with Gasteiger partial charge in [-0.2, -0.15) is 0 Å². The smallest absolute Gasteiger partial charge is 0.258 e. The van der Waals surface area contributed by atoms with Gasteiger partial charge in [0, 0.05) is 17.6 Å². The van der Waals surface area contributed by atoms with E-state index < -0.39 is 4.92 Å². The molecule has 0 unspecified atom stereocenters. The van der Waals surface area contributed by atoms with E-state index in [2.05, 4.69) is 18.8 Å². The number of hydrogen-bond donors (Lipinski definition) is 0. The number of non-ortho nitro benzene ring substituents is 1. The molecule has 2 aromatic rings. The van der Waals surface area contributed by atoms with Crippen molar-refractivity contribution >= 4 is 16.6 Å². The van der Waals surface area contributed by atoms with E-state index in [-0.39, 0.29) is 5.69 Å². The Morgan fingerprint density at radius 1 is 1.21 bits per heavy atom. The molecule has 0 radical (unpaired) electrons. The van der Waals surface area contributed by atoms with E-state index >= 15 is 0 Å². The highest BCUT2D eigenvalue weighted by Gasteiger charge is 2.12. The maximum atomic E-state index is 10.7. The van der Waals surface area contributed by atoms with Gasteiger partial charge in [0.25, 0.3) is 5.69 Å². The van der Waals surface area contributed by atoms with Crippen LogP contribution in [0.1, 0.15) is 39.7 Å². The van der Waals surface area contributed by atoms with Crippen LogP contribution in [0.15, 0.2) is 30.5 Å². The Labute approximate surface area is 114 Å². The van der Waals surface area contributed by atoms with Crippen molar-refractivity contribution in [1.29, 1.82) is 0 Å². The SMILES string of the molecule is CC.CCC.Cc1ccc([N+](=O)[O-])c2ncccc12. The van der Waals surface area contributed by atoms with Crippen LogP contribution >= 0.6 is 0 Å². The van der Waals surface area contributed by atoms with Gasteiger partial charge in [-0.15, -0.1) is 0 Å². The second kappa shape index (κ2) is 9.03. The van der Waals surface area contributed by atoms with Crippen LogP contribution < -0.4 is 0 Å². The number of nitro groups is 1. The number of aryl methyl sites for hydroxylation is 1. The van der Waals surface area contributed by atoms with Crippen LogP contribution in [0.2, 0.25) is 0 Å². The summed E-state index contributed by atoms with van der Waals surface area (Å²) in [7, 11) is 0. The topological polar surface area (TPSA) is 56.0 Å². The monoisotopic (exact) mass is 262 g/mol. The van der Waals surface area contributed by atoms with E-state index in [1.165, 1.54) is 12.5 Å². The first-order valence-electron chi connectivity index (χ1n) is 6.60. The predicted molar refractivity (Wildman–Crippen MR) is 80.4 cm³/mol. The number of rotatable bonds is 1. The lowest BCUT2D eigenvalue weighted by Gasteiger charge is -2.00. The van der Waals surface area contributed by atoms with Crippen LogP contribution in [0.5, 0.6) is 0 Å². The Bertz CT molecular complexity index is 525. The van der Waals surface area contributed by atoms with Crippen molar-refractivity contribution in [3.8, 4) is 0 Å². The van der Waals surface area contributed by atoms with Gasteiger partial charge in [-0.3, -0.25) is 10.1 Å². The highest BCUT2D eigenvalue weighted by molar-refractivity contribution is 5.89. The fraction of sp³-hybridized carbons (Fsp3) is 0.400. The van der Waals surface area contributed by atoms with Crippen LogP contribution in [0.3, 0.4) is 0 Å². The van der Waals surface area contributed by atoms with E-state index in [0.717, 1.165) is 10.9 Å². The second-order valence-electron chi connectivity index (χ2n) is 3.77. The lowest BCUT2D eigenvalue weighted by atomic mass is 10.1. The molecule has 1 aromatic carbocycles. The number of pyridine rings is 1. The molecular weight excluding hydrogens is 240 g/mol. The molecule has 0 bridgehead atoms. The number of benzene rings is 1. The summed E-state index contributed by atoms with van der Waals surface area (Å²) in [6.07, 6.45) is 2.81. The molecule has 0 saturated carbocycles. The highest BCUT2D eigenvalue weighted by Crippen LogP contribution is 2.25. The first kappa shape index (κ1) is 17.0. The Morgan fingerprint density at radius 2 is 1.79 bits per heavy atom. The van der Waals surface area contributed by atoms with Crippen molar-refractivity contribution in [1.82, 2.24) is 4.98 Å². The number of nitrogens with zero attached hydrogens (tertiary/aromatic N) is 2. The lowest BCUT2D eigenvalue weighted by Crippen LogP contribution is -1.92. The van der Waals surface area contributed by atoms with Gasteiger partial charge in [0.2, 0.25) is 0 Å². The number of nitro benzene ring substituents is 1. The predicted octanol–water partition coefficient (Wildman–Crippen LogP) is 4.89. The summed E-state index contributed by atoms with van der Waals surface area (Å²) >= 11 is 0. The van der Waals surface area contributed by atoms with Gasteiger partial charge in [-0.05, 0) is 18.6 Å². The fourth-order valence-electron chi connectivity index (χ4n) is 1.45. The average molecular weight is 262 g/mol. The minimum Gasteiger partial charge on any atom is -0.258 e. The van der Waals surface area contributed by atoms with E-state index in [1.807, 2.05) is 26.8 Å². The minimum absolute atomic E-state index is 0.0613. The first-order valence-corrected chi connectivity index (χ1v) is 6.60. The van der Waals surface area contributed by atoms with Crippen molar-refractivity contribution in [2.24, 2.45) is 0 Å². The van der Waals surface area contributed by atoms with Crippen molar-refractivity contribution in [2.75, 3.05) is 0 Å². The molecule has 1 aromatic heterocycles. The average Bonchev–Trinajstić information content (AvgIpc) is 2.42. The largest absolute Gasteiger partial charge is 0.295 e. The standard InChI is InChI=1S/C10H8N2O2.C3H8.C2H6/c1-7-4-5-9(12(13)14)10-8(7)3-2-6-11-10;1-3-2;1-2/h2-6H,1H3;3H2,1-2H3;1-2H3. The van der Waals surface area contributed by atoms with Crippen LogP contribution in [0.4, 0.5) is 5.69 Å². The molecular formula is C15H22N2O2. The van der Waals surface area contributed by atoms with E-state index in [0.29, 0.717) is 5.52 Å². The van der Waals surface area contributed by atoms with E-state index in [1.54, 1.807) is 18.3 Å². The van der Waals surface area contributed by atoms with Gasteiger partial charge in [0.1, 0.15) is 5.52 Å². The zero-order valence-corrected chi connectivity index (χ0v) is 12.3. The van der Waals surface area contributed by atoms with Gasteiger partial charge in [0.05, 0.1) is 4.92 Å². The van der Waals surface area contributed by atoms with Gasteiger partial charge in [0.15, 0.2) is 0 Å². The van der Waals surface area contributed by atoms with Gasteiger partial charge < -0.3 is 0 Å². The quantitative estimate of drug-likeness (QED) is 0.543. The first-order chi connectivity index (χ1) is 9.11. The van der Waals surface area contributed by atoms with Gasteiger partial charge in [-0.1, -0.05) is 46.2 Å². The van der Waals surface area contributed by atoms with Crippen molar-refractivity contribution in [2.45, 2.75) is 41.0 Å². The number of aromatic nitrogens is 1. The molecule has 4 nitrogen and oxygen atoms in total. The summed E-state index contributed by atoms with van der Waals surface area (Å²) in [6.45, 7) is 10.2. The molecule has 0 saturated heterocycles. The molecule has 2 rings (SSSR count). The third kappa shape index (κ3) is 4.66. The molecule has 0 N–H and O–H groups in total. The summed E-state index contributed by atoms with van der Waals surface area (Å²) in [5.74, 6) is 0. The molecule has 104 valence electrons. The summed E-state index contributed by atoms with van der Waals surface area (Å²) in [5.41, 5.74) is 1.52. The Morgan fingerprint density at radius 3 is 2.32 bits per heavy atom. The Balaban J connectivity index is 0.000000573. The van der Waals surface area contributed by atoms with Crippen molar-refractivity contribution < 1.29 is 4.92 Å². The molecule has 0 aliphatic rings.